The molecule has 0 aromatic heterocycles. The van der Waals surface area contributed by atoms with E-state index in [-0.39, 0.29) is 18.5 Å². The number of carbonyl (C=O) groups is 2. The van der Waals surface area contributed by atoms with Crippen LogP contribution >= 0.6 is 0 Å². The van der Waals surface area contributed by atoms with Crippen LogP contribution in [0.4, 0.5) is 4.79 Å². The van der Waals surface area contributed by atoms with Crippen LogP contribution in [0.25, 0.3) is 0 Å². The van der Waals surface area contributed by atoms with Gasteiger partial charge in [-0.15, -0.1) is 0 Å². The smallest absolute Gasteiger partial charge is 0.410 e. The van der Waals surface area contributed by atoms with Gasteiger partial charge in [0.1, 0.15) is 5.60 Å². The first-order valence-corrected chi connectivity index (χ1v) is 6.67. The molecule has 1 aliphatic rings. The maximum Gasteiger partial charge on any atom is 0.410 e. The number of rotatable bonds is 4. The largest absolute Gasteiger partial charge is 0.481 e. The number of hydrogen-bond acceptors (Lipinski definition) is 4. The van der Waals surface area contributed by atoms with Gasteiger partial charge >= 0.3 is 12.1 Å². The van der Waals surface area contributed by atoms with Crippen LogP contribution in [-0.4, -0.2) is 46.3 Å². The maximum atomic E-state index is 12.2. The Kier molecular flexibility index (Phi) is 5.17. The van der Waals surface area contributed by atoms with Gasteiger partial charge in [-0.2, -0.15) is 0 Å². The van der Waals surface area contributed by atoms with E-state index in [0.29, 0.717) is 19.4 Å². The average Bonchev–Trinajstić information content (AvgIpc) is 2.58. The van der Waals surface area contributed by atoms with Crippen molar-refractivity contribution in [2.45, 2.75) is 64.1 Å². The van der Waals surface area contributed by atoms with Crippen LogP contribution in [0.3, 0.4) is 0 Å². The van der Waals surface area contributed by atoms with Crippen molar-refractivity contribution in [1.29, 1.82) is 0 Å². The Balaban J connectivity index is 2.79. The summed E-state index contributed by atoms with van der Waals surface area (Å²) in [6, 6.07) is -0.298. The molecule has 3 N–H and O–H groups in total. The molecule has 6 nitrogen and oxygen atoms in total. The van der Waals surface area contributed by atoms with Crippen molar-refractivity contribution in [3.63, 3.8) is 0 Å². The van der Waals surface area contributed by atoms with E-state index in [4.69, 9.17) is 15.6 Å². The Bertz CT molecular complexity index is 338. The number of hydrogen-bond donors (Lipinski definition) is 2. The van der Waals surface area contributed by atoms with Crippen molar-refractivity contribution in [2.75, 3.05) is 6.54 Å². The van der Waals surface area contributed by atoms with E-state index in [1.165, 1.54) is 0 Å². The van der Waals surface area contributed by atoms with Gasteiger partial charge in [0.2, 0.25) is 0 Å². The van der Waals surface area contributed by atoms with E-state index in [1.54, 1.807) is 25.7 Å². The molecule has 2 unspecified atom stereocenters. The summed E-state index contributed by atoms with van der Waals surface area (Å²) in [5.74, 6) is -0.896. The number of carboxylic acid groups (broad SMARTS) is 1. The first kappa shape index (κ1) is 15.8. The Morgan fingerprint density at radius 2 is 1.89 bits per heavy atom. The van der Waals surface area contributed by atoms with Gasteiger partial charge in [-0.05, 0) is 46.6 Å². The van der Waals surface area contributed by atoms with Gasteiger partial charge in [-0.25, -0.2) is 4.79 Å². The van der Waals surface area contributed by atoms with Crippen molar-refractivity contribution < 1.29 is 19.4 Å². The average molecular weight is 272 g/mol. The van der Waals surface area contributed by atoms with Crippen LogP contribution in [0, 0.1) is 0 Å². The SMILES string of the molecule is CC(C)(C)OC(=O)N1C(CCN)CCC1CC(=O)O. The van der Waals surface area contributed by atoms with Gasteiger partial charge in [0.15, 0.2) is 0 Å². The third-order valence-corrected chi connectivity index (χ3v) is 3.13. The van der Waals surface area contributed by atoms with Crippen LogP contribution in [0.5, 0.6) is 0 Å². The Labute approximate surface area is 113 Å². The molecule has 1 fully saturated rings. The number of likely N-dealkylation sites (tertiary alicyclic amines) is 1. The molecule has 19 heavy (non-hydrogen) atoms. The zero-order chi connectivity index (χ0) is 14.6. The van der Waals surface area contributed by atoms with E-state index in [2.05, 4.69) is 0 Å². The molecule has 1 heterocycles. The fourth-order valence-electron chi connectivity index (χ4n) is 2.45. The highest BCUT2D eigenvalue weighted by atomic mass is 16.6. The highest BCUT2D eigenvalue weighted by Gasteiger charge is 2.39. The third kappa shape index (κ3) is 4.70. The quantitative estimate of drug-likeness (QED) is 0.810. The van der Waals surface area contributed by atoms with Crippen LogP contribution in [0.2, 0.25) is 0 Å². The van der Waals surface area contributed by atoms with Crippen molar-refractivity contribution in [2.24, 2.45) is 5.73 Å². The molecule has 0 radical (unpaired) electrons. The second-order valence-electron chi connectivity index (χ2n) is 5.95. The molecular weight excluding hydrogens is 248 g/mol. The number of carboxylic acids is 1. The van der Waals surface area contributed by atoms with E-state index in [0.717, 1.165) is 6.42 Å². The van der Waals surface area contributed by atoms with E-state index >= 15 is 0 Å². The lowest BCUT2D eigenvalue weighted by molar-refractivity contribution is -0.138. The molecule has 0 saturated carbocycles. The number of aliphatic carboxylic acids is 1. The number of amides is 1. The molecular formula is C13H24N2O4. The monoisotopic (exact) mass is 272 g/mol. The van der Waals surface area contributed by atoms with Crippen LogP contribution in [0.15, 0.2) is 0 Å². The number of nitrogens with zero attached hydrogens (tertiary/aromatic N) is 1. The molecule has 0 aromatic rings. The number of nitrogens with two attached hydrogens (primary N) is 1. The minimum atomic E-state index is -0.896. The fraction of sp³-hybridized carbons (Fsp3) is 0.846. The minimum Gasteiger partial charge on any atom is -0.481 e. The first-order chi connectivity index (χ1) is 8.74. The van der Waals surface area contributed by atoms with E-state index in [1.807, 2.05) is 0 Å². The molecule has 0 aliphatic carbocycles. The molecule has 2 atom stereocenters. The molecule has 110 valence electrons. The lowest BCUT2D eigenvalue weighted by Crippen LogP contribution is -2.45. The predicted molar refractivity (Wildman–Crippen MR) is 70.8 cm³/mol. The van der Waals surface area contributed by atoms with Gasteiger partial charge in [0, 0.05) is 12.1 Å². The van der Waals surface area contributed by atoms with Crippen molar-refractivity contribution in [1.82, 2.24) is 4.90 Å². The standard InChI is InChI=1S/C13H24N2O4/c1-13(2,3)19-12(18)15-9(6-7-14)4-5-10(15)8-11(16)17/h9-10H,4-8,14H2,1-3H3,(H,16,17). The summed E-state index contributed by atoms with van der Waals surface area (Å²) in [5, 5.41) is 8.92. The molecule has 1 amide bonds. The summed E-state index contributed by atoms with van der Waals surface area (Å²) < 4.78 is 5.36. The highest BCUT2D eigenvalue weighted by molar-refractivity contribution is 5.72. The first-order valence-electron chi connectivity index (χ1n) is 6.67. The molecule has 0 aromatic carbocycles. The molecule has 0 bridgehead atoms. The Morgan fingerprint density at radius 1 is 1.32 bits per heavy atom. The predicted octanol–water partition coefficient (Wildman–Crippen LogP) is 1.58. The zero-order valence-electron chi connectivity index (χ0n) is 11.9. The van der Waals surface area contributed by atoms with Gasteiger partial charge in [0.05, 0.1) is 6.42 Å². The zero-order valence-corrected chi connectivity index (χ0v) is 11.9. The number of carbonyl (C=O) groups excluding carboxylic acids is 1. The third-order valence-electron chi connectivity index (χ3n) is 3.13. The summed E-state index contributed by atoms with van der Waals surface area (Å²) in [4.78, 5) is 24.7. The van der Waals surface area contributed by atoms with Gasteiger partial charge in [0.25, 0.3) is 0 Å². The summed E-state index contributed by atoms with van der Waals surface area (Å²) in [7, 11) is 0. The molecule has 1 aliphatic heterocycles. The van der Waals surface area contributed by atoms with Crippen LogP contribution in [-0.2, 0) is 9.53 Å². The molecule has 0 spiro atoms. The lowest BCUT2D eigenvalue weighted by Gasteiger charge is -2.32. The Hall–Kier alpha value is -1.30. The van der Waals surface area contributed by atoms with E-state index in [9.17, 15) is 9.59 Å². The maximum absolute atomic E-state index is 12.2. The van der Waals surface area contributed by atoms with Gasteiger partial charge in [-0.1, -0.05) is 0 Å². The van der Waals surface area contributed by atoms with Crippen LogP contribution < -0.4 is 5.73 Å². The van der Waals surface area contributed by atoms with Gasteiger partial charge in [-0.3, -0.25) is 4.79 Å². The van der Waals surface area contributed by atoms with E-state index < -0.39 is 17.7 Å². The summed E-state index contributed by atoms with van der Waals surface area (Å²) in [6.07, 6.45) is 1.68. The normalized spacial score (nSPS) is 23.5. The minimum absolute atomic E-state index is 0.0100. The number of ether oxygens (including phenoxy) is 1. The van der Waals surface area contributed by atoms with Crippen molar-refractivity contribution >= 4 is 12.1 Å². The molecule has 6 heteroatoms. The van der Waals surface area contributed by atoms with Crippen LogP contribution in [0.1, 0.15) is 46.5 Å². The highest BCUT2D eigenvalue weighted by Crippen LogP contribution is 2.30. The van der Waals surface area contributed by atoms with Gasteiger partial charge < -0.3 is 20.5 Å². The summed E-state index contributed by atoms with van der Waals surface area (Å²) >= 11 is 0. The molecule has 1 rings (SSSR count). The lowest BCUT2D eigenvalue weighted by atomic mass is 10.1. The molecule has 1 saturated heterocycles. The summed E-state index contributed by atoms with van der Waals surface area (Å²) in [5.41, 5.74) is 4.97. The Morgan fingerprint density at radius 3 is 2.37 bits per heavy atom. The van der Waals surface area contributed by atoms with Crippen molar-refractivity contribution in [3.05, 3.63) is 0 Å². The second kappa shape index (κ2) is 6.23. The van der Waals surface area contributed by atoms with Crippen molar-refractivity contribution in [3.8, 4) is 0 Å². The fourth-order valence-corrected chi connectivity index (χ4v) is 2.45. The second-order valence-corrected chi connectivity index (χ2v) is 5.95. The topological polar surface area (TPSA) is 92.9 Å². The summed E-state index contributed by atoms with van der Waals surface area (Å²) in [6.45, 7) is 5.87.